The van der Waals surface area contributed by atoms with Crippen LogP contribution in [0, 0.1) is 0 Å². The van der Waals surface area contributed by atoms with Gasteiger partial charge in [-0.1, -0.05) is 11.6 Å². The minimum Gasteiger partial charge on any atom is -0.387 e. The van der Waals surface area contributed by atoms with E-state index in [9.17, 15) is 9.90 Å². The summed E-state index contributed by atoms with van der Waals surface area (Å²) in [5.74, 6) is 0.564. The van der Waals surface area contributed by atoms with E-state index in [-0.39, 0.29) is 12.5 Å². The van der Waals surface area contributed by atoms with Crippen LogP contribution in [-0.2, 0) is 11.2 Å². The average Bonchev–Trinajstić information content (AvgIpc) is 2.70. The highest BCUT2D eigenvalue weighted by atomic mass is 35.5. The predicted octanol–water partition coefficient (Wildman–Crippen LogP) is 2.56. The highest BCUT2D eigenvalue weighted by Crippen LogP contribution is 2.22. The molecule has 1 aromatic heterocycles. The summed E-state index contributed by atoms with van der Waals surface area (Å²) in [5.41, 5.74) is -0.846. The van der Waals surface area contributed by atoms with Gasteiger partial charge in [0.15, 0.2) is 0 Å². The number of aliphatic hydroxyl groups is 1. The summed E-state index contributed by atoms with van der Waals surface area (Å²) < 4.78 is 0.744. The number of thioether (sulfide) groups is 1. The fourth-order valence-electron chi connectivity index (χ4n) is 1.46. The molecular formula is C12H18ClNO2S2. The smallest absolute Gasteiger partial charge is 0.220 e. The van der Waals surface area contributed by atoms with Gasteiger partial charge in [-0.3, -0.25) is 4.79 Å². The van der Waals surface area contributed by atoms with E-state index in [4.69, 9.17) is 11.6 Å². The molecule has 0 aromatic carbocycles. The van der Waals surface area contributed by atoms with E-state index in [1.54, 1.807) is 18.7 Å². The lowest BCUT2D eigenvalue weighted by Crippen LogP contribution is -2.42. The quantitative estimate of drug-likeness (QED) is 0.814. The third kappa shape index (κ3) is 6.09. The summed E-state index contributed by atoms with van der Waals surface area (Å²) in [7, 11) is 0. The molecule has 0 bridgehead atoms. The minimum absolute atomic E-state index is 0.0408. The number of carbonyl (C=O) groups excluding carboxylic acids is 1. The summed E-state index contributed by atoms with van der Waals surface area (Å²) >= 11 is 8.87. The SMILES string of the molecule is CSC[C@@](C)(O)CNC(=O)CCc1ccc(Cl)s1. The van der Waals surface area contributed by atoms with Crippen LogP contribution in [0.4, 0.5) is 0 Å². The Labute approximate surface area is 121 Å². The highest BCUT2D eigenvalue weighted by Gasteiger charge is 2.20. The van der Waals surface area contributed by atoms with E-state index < -0.39 is 5.60 Å². The van der Waals surface area contributed by atoms with Crippen LogP contribution in [0.3, 0.4) is 0 Å². The molecule has 3 nitrogen and oxygen atoms in total. The van der Waals surface area contributed by atoms with Gasteiger partial charge >= 0.3 is 0 Å². The number of amides is 1. The number of thiophene rings is 1. The number of carbonyl (C=O) groups is 1. The maximum Gasteiger partial charge on any atom is 0.220 e. The number of rotatable bonds is 7. The lowest BCUT2D eigenvalue weighted by molar-refractivity contribution is -0.122. The molecule has 18 heavy (non-hydrogen) atoms. The zero-order valence-corrected chi connectivity index (χ0v) is 12.9. The van der Waals surface area contributed by atoms with Gasteiger partial charge in [0.25, 0.3) is 0 Å². The Balaban J connectivity index is 2.26. The molecule has 102 valence electrons. The van der Waals surface area contributed by atoms with Gasteiger partial charge in [0.2, 0.25) is 5.91 Å². The fourth-order valence-corrected chi connectivity index (χ4v) is 3.27. The molecule has 2 N–H and O–H groups in total. The first-order valence-electron chi connectivity index (χ1n) is 5.65. The molecule has 1 rings (SSSR count). The number of halogens is 1. The zero-order chi connectivity index (χ0) is 13.6. The number of aryl methyl sites for hydroxylation is 1. The first-order chi connectivity index (χ1) is 8.43. The molecule has 0 aliphatic heterocycles. The van der Waals surface area contributed by atoms with Crippen LogP contribution in [0.5, 0.6) is 0 Å². The van der Waals surface area contributed by atoms with Gasteiger partial charge < -0.3 is 10.4 Å². The molecule has 0 fully saturated rings. The summed E-state index contributed by atoms with van der Waals surface area (Å²) in [5, 5.41) is 12.7. The van der Waals surface area contributed by atoms with E-state index in [0.717, 1.165) is 9.21 Å². The van der Waals surface area contributed by atoms with Crippen LogP contribution >= 0.6 is 34.7 Å². The second kappa shape index (κ2) is 7.38. The van der Waals surface area contributed by atoms with Crippen molar-refractivity contribution in [3.05, 3.63) is 21.3 Å². The van der Waals surface area contributed by atoms with Crippen molar-refractivity contribution in [2.24, 2.45) is 0 Å². The van der Waals surface area contributed by atoms with Crippen molar-refractivity contribution in [1.82, 2.24) is 5.32 Å². The Morgan fingerprint density at radius 2 is 2.33 bits per heavy atom. The summed E-state index contributed by atoms with van der Waals surface area (Å²) in [4.78, 5) is 12.7. The van der Waals surface area contributed by atoms with Gasteiger partial charge in [0.05, 0.1) is 9.94 Å². The number of hydrogen-bond acceptors (Lipinski definition) is 4. The van der Waals surface area contributed by atoms with Crippen LogP contribution in [0.2, 0.25) is 4.34 Å². The Bertz CT molecular complexity index is 393. The van der Waals surface area contributed by atoms with Gasteiger partial charge in [-0.05, 0) is 31.7 Å². The van der Waals surface area contributed by atoms with Crippen molar-refractivity contribution in [2.75, 3.05) is 18.6 Å². The van der Waals surface area contributed by atoms with Crippen LogP contribution in [0.25, 0.3) is 0 Å². The van der Waals surface area contributed by atoms with Gasteiger partial charge in [-0.2, -0.15) is 11.8 Å². The van der Waals surface area contributed by atoms with E-state index in [1.165, 1.54) is 11.3 Å². The Morgan fingerprint density at radius 1 is 1.61 bits per heavy atom. The van der Waals surface area contributed by atoms with Gasteiger partial charge in [0.1, 0.15) is 0 Å². The Morgan fingerprint density at radius 3 is 2.89 bits per heavy atom. The molecule has 1 atom stereocenters. The summed E-state index contributed by atoms with van der Waals surface area (Å²) in [6.07, 6.45) is 3.04. The Kier molecular flexibility index (Phi) is 6.49. The van der Waals surface area contributed by atoms with E-state index >= 15 is 0 Å². The van der Waals surface area contributed by atoms with Crippen molar-refractivity contribution in [1.29, 1.82) is 0 Å². The largest absolute Gasteiger partial charge is 0.387 e. The van der Waals surface area contributed by atoms with Crippen molar-refractivity contribution < 1.29 is 9.90 Å². The molecule has 0 radical (unpaired) electrons. The minimum atomic E-state index is -0.846. The van der Waals surface area contributed by atoms with Crippen LogP contribution in [0.1, 0.15) is 18.2 Å². The molecule has 0 saturated heterocycles. The molecule has 1 amide bonds. The normalized spacial score (nSPS) is 14.2. The third-order valence-corrected chi connectivity index (χ3v) is 4.55. The van der Waals surface area contributed by atoms with Gasteiger partial charge in [-0.15, -0.1) is 11.3 Å². The summed E-state index contributed by atoms with van der Waals surface area (Å²) in [6, 6.07) is 3.77. The second-order valence-corrected chi connectivity index (χ2v) is 7.08. The zero-order valence-electron chi connectivity index (χ0n) is 10.5. The molecule has 0 aliphatic rings. The van der Waals surface area contributed by atoms with E-state index in [1.807, 2.05) is 18.4 Å². The fraction of sp³-hybridized carbons (Fsp3) is 0.583. The van der Waals surface area contributed by atoms with Crippen molar-refractivity contribution in [2.45, 2.75) is 25.4 Å². The van der Waals surface area contributed by atoms with Crippen LogP contribution in [-0.4, -0.2) is 35.2 Å². The first kappa shape index (κ1) is 15.8. The van der Waals surface area contributed by atoms with E-state index in [2.05, 4.69) is 5.32 Å². The molecule has 6 heteroatoms. The highest BCUT2D eigenvalue weighted by molar-refractivity contribution is 7.98. The van der Waals surface area contributed by atoms with Crippen molar-refractivity contribution in [3.8, 4) is 0 Å². The van der Waals surface area contributed by atoms with Gasteiger partial charge in [0, 0.05) is 23.6 Å². The molecule has 1 heterocycles. The molecule has 0 spiro atoms. The van der Waals surface area contributed by atoms with Crippen molar-refractivity contribution in [3.63, 3.8) is 0 Å². The standard InChI is InChI=1S/C12H18ClNO2S2/c1-12(16,8-17-2)7-14-11(15)6-4-9-3-5-10(13)18-9/h3,5,16H,4,6-8H2,1-2H3,(H,14,15)/t12-/m0/s1. The summed E-state index contributed by atoms with van der Waals surface area (Å²) in [6.45, 7) is 2.01. The van der Waals surface area contributed by atoms with Gasteiger partial charge in [-0.25, -0.2) is 0 Å². The van der Waals surface area contributed by atoms with Crippen LogP contribution in [0.15, 0.2) is 12.1 Å². The maximum atomic E-state index is 11.6. The molecule has 0 saturated carbocycles. The van der Waals surface area contributed by atoms with E-state index in [0.29, 0.717) is 18.6 Å². The molecule has 0 aliphatic carbocycles. The molecular weight excluding hydrogens is 290 g/mol. The average molecular weight is 308 g/mol. The van der Waals surface area contributed by atoms with Crippen LogP contribution < -0.4 is 5.32 Å². The van der Waals surface area contributed by atoms with Crippen molar-refractivity contribution >= 4 is 40.6 Å². The predicted molar refractivity (Wildman–Crippen MR) is 79.7 cm³/mol. The lowest BCUT2D eigenvalue weighted by Gasteiger charge is -2.22. The Hall–Kier alpha value is -0.230. The third-order valence-electron chi connectivity index (χ3n) is 2.35. The maximum absolute atomic E-state index is 11.6. The number of hydrogen-bond donors (Lipinski definition) is 2. The topological polar surface area (TPSA) is 49.3 Å². The number of nitrogens with one attached hydrogen (secondary N) is 1. The first-order valence-corrected chi connectivity index (χ1v) is 8.24. The lowest BCUT2D eigenvalue weighted by atomic mass is 10.1. The molecule has 1 aromatic rings. The molecule has 0 unspecified atom stereocenters. The monoisotopic (exact) mass is 307 g/mol. The second-order valence-electron chi connectivity index (χ2n) is 4.41.